The van der Waals surface area contributed by atoms with Crippen molar-refractivity contribution in [3.05, 3.63) is 17.0 Å². The zero-order valence-corrected chi connectivity index (χ0v) is 10.1. The first-order chi connectivity index (χ1) is 8.17. The highest BCUT2D eigenvalue weighted by molar-refractivity contribution is 6.28. The monoisotopic (exact) mass is 254 g/mol. The molecule has 0 unspecified atom stereocenters. The molecular weight excluding hydrogens is 244 g/mol. The summed E-state index contributed by atoms with van der Waals surface area (Å²) in [7, 11) is 0. The second-order valence-electron chi connectivity index (χ2n) is 3.23. The number of ether oxygens (including phenoxy) is 1. The number of rotatable bonds is 4. The summed E-state index contributed by atoms with van der Waals surface area (Å²) in [6.45, 7) is 4.47. The largest absolute Gasteiger partial charge is 0.403 e. The highest BCUT2D eigenvalue weighted by atomic mass is 35.5. The van der Waals surface area contributed by atoms with Crippen molar-refractivity contribution in [3.8, 4) is 11.9 Å². The van der Waals surface area contributed by atoms with Gasteiger partial charge in [-0.05, 0) is 25.4 Å². The number of hydrogen-bond acceptors (Lipinski definition) is 6. The van der Waals surface area contributed by atoms with Crippen molar-refractivity contribution in [3.63, 3.8) is 0 Å². The van der Waals surface area contributed by atoms with Gasteiger partial charge < -0.3 is 10.1 Å². The van der Waals surface area contributed by atoms with E-state index in [-0.39, 0.29) is 11.3 Å². The second-order valence-corrected chi connectivity index (χ2v) is 3.57. The highest BCUT2D eigenvalue weighted by Gasteiger charge is 2.08. The summed E-state index contributed by atoms with van der Waals surface area (Å²) in [4.78, 5) is 11.8. The van der Waals surface area contributed by atoms with Crippen molar-refractivity contribution in [1.82, 2.24) is 25.1 Å². The first-order valence-corrected chi connectivity index (χ1v) is 5.40. The van der Waals surface area contributed by atoms with Crippen molar-refractivity contribution in [2.75, 3.05) is 11.9 Å². The third kappa shape index (κ3) is 3.04. The number of nitrogens with one attached hydrogen (secondary N) is 2. The lowest BCUT2D eigenvalue weighted by Crippen LogP contribution is -2.04. The Morgan fingerprint density at radius 2 is 2.24 bits per heavy atom. The van der Waals surface area contributed by atoms with E-state index in [1.165, 1.54) is 0 Å². The van der Waals surface area contributed by atoms with Crippen LogP contribution in [0.1, 0.15) is 12.6 Å². The van der Waals surface area contributed by atoms with Gasteiger partial charge in [-0.2, -0.15) is 15.0 Å². The molecule has 0 saturated heterocycles. The van der Waals surface area contributed by atoms with Gasteiger partial charge in [-0.1, -0.05) is 0 Å². The van der Waals surface area contributed by atoms with E-state index >= 15 is 0 Å². The van der Waals surface area contributed by atoms with Gasteiger partial charge in [0.2, 0.25) is 17.1 Å². The van der Waals surface area contributed by atoms with E-state index in [2.05, 4.69) is 30.5 Å². The molecule has 0 atom stereocenters. The van der Waals surface area contributed by atoms with Crippen LogP contribution in [0.15, 0.2) is 6.07 Å². The molecule has 0 aliphatic rings. The van der Waals surface area contributed by atoms with Crippen LogP contribution in [0.2, 0.25) is 5.28 Å². The van der Waals surface area contributed by atoms with Gasteiger partial charge in [0.15, 0.2) is 0 Å². The van der Waals surface area contributed by atoms with Crippen LogP contribution in [0.3, 0.4) is 0 Å². The lowest BCUT2D eigenvalue weighted by atomic mass is 10.5. The minimum Gasteiger partial charge on any atom is -0.403 e. The Kier molecular flexibility index (Phi) is 3.38. The maximum absolute atomic E-state index is 5.75. The zero-order chi connectivity index (χ0) is 12.3. The number of nitrogens with zero attached hydrogens (tertiary/aromatic N) is 4. The van der Waals surface area contributed by atoms with Crippen LogP contribution < -0.4 is 10.1 Å². The van der Waals surface area contributed by atoms with E-state index in [0.29, 0.717) is 18.4 Å². The molecule has 7 nitrogen and oxygen atoms in total. The summed E-state index contributed by atoms with van der Waals surface area (Å²) >= 11 is 5.75. The topological polar surface area (TPSA) is 88.6 Å². The fourth-order valence-electron chi connectivity index (χ4n) is 1.15. The summed E-state index contributed by atoms with van der Waals surface area (Å²) in [6.07, 6.45) is 0. The molecule has 8 heteroatoms. The van der Waals surface area contributed by atoms with Crippen molar-refractivity contribution in [2.45, 2.75) is 13.8 Å². The number of hydrogen-bond donors (Lipinski definition) is 2. The number of aromatic amines is 1. The van der Waals surface area contributed by atoms with Crippen molar-refractivity contribution in [2.24, 2.45) is 0 Å². The molecule has 17 heavy (non-hydrogen) atoms. The van der Waals surface area contributed by atoms with Crippen molar-refractivity contribution >= 4 is 17.5 Å². The summed E-state index contributed by atoms with van der Waals surface area (Å²) in [5.41, 5.74) is 0.882. The number of H-pyrrole nitrogens is 1. The summed E-state index contributed by atoms with van der Waals surface area (Å²) < 4.78 is 5.34. The molecule has 0 aliphatic carbocycles. The Balaban J connectivity index is 2.20. The molecule has 2 rings (SSSR count). The van der Waals surface area contributed by atoms with Crippen LogP contribution in [0.25, 0.3) is 0 Å². The first kappa shape index (κ1) is 11.6. The minimum absolute atomic E-state index is 0.0678. The number of aryl methyl sites for hydroxylation is 1. The van der Waals surface area contributed by atoms with E-state index in [9.17, 15) is 0 Å². The lowest BCUT2D eigenvalue weighted by Gasteiger charge is -2.03. The molecule has 0 bridgehead atoms. The van der Waals surface area contributed by atoms with Gasteiger partial charge in [-0.25, -0.2) is 0 Å². The third-order valence-electron chi connectivity index (χ3n) is 1.80. The minimum atomic E-state index is 0.0678. The van der Waals surface area contributed by atoms with Crippen LogP contribution in [0, 0.1) is 6.92 Å². The SMILES string of the molecule is CCNc1nc(Cl)nc(Oc2cc(C)[nH]n2)n1. The molecule has 0 radical (unpaired) electrons. The fraction of sp³-hybridized carbons (Fsp3) is 0.333. The van der Waals surface area contributed by atoms with Gasteiger partial charge in [0.25, 0.3) is 0 Å². The van der Waals surface area contributed by atoms with E-state index in [1.807, 2.05) is 13.8 Å². The average molecular weight is 255 g/mol. The van der Waals surface area contributed by atoms with E-state index in [0.717, 1.165) is 5.69 Å². The van der Waals surface area contributed by atoms with Crippen LogP contribution in [-0.2, 0) is 0 Å². The Morgan fingerprint density at radius 3 is 2.88 bits per heavy atom. The summed E-state index contributed by atoms with van der Waals surface area (Å²) in [5, 5.41) is 9.65. The van der Waals surface area contributed by atoms with E-state index in [1.54, 1.807) is 6.07 Å². The molecule has 0 spiro atoms. The van der Waals surface area contributed by atoms with Gasteiger partial charge in [0.1, 0.15) is 0 Å². The molecule has 0 aromatic carbocycles. The van der Waals surface area contributed by atoms with Crippen molar-refractivity contribution < 1.29 is 4.74 Å². The van der Waals surface area contributed by atoms with Crippen LogP contribution in [-0.4, -0.2) is 31.7 Å². The quantitative estimate of drug-likeness (QED) is 0.865. The first-order valence-electron chi connectivity index (χ1n) is 5.02. The molecule has 0 fully saturated rings. The molecule has 0 aliphatic heterocycles. The van der Waals surface area contributed by atoms with E-state index in [4.69, 9.17) is 16.3 Å². The zero-order valence-electron chi connectivity index (χ0n) is 9.36. The van der Waals surface area contributed by atoms with Gasteiger partial charge in [-0.3, -0.25) is 5.10 Å². The Morgan fingerprint density at radius 1 is 1.41 bits per heavy atom. The second kappa shape index (κ2) is 4.96. The average Bonchev–Trinajstić information content (AvgIpc) is 2.63. The summed E-state index contributed by atoms with van der Waals surface area (Å²) in [6, 6.07) is 1.83. The van der Waals surface area contributed by atoms with Crippen LogP contribution in [0.4, 0.5) is 5.95 Å². The predicted octanol–water partition coefficient (Wildman–Crippen LogP) is 1.78. The summed E-state index contributed by atoms with van der Waals surface area (Å²) in [5.74, 6) is 0.752. The molecular formula is C9H11ClN6O. The van der Waals surface area contributed by atoms with Gasteiger partial charge in [0, 0.05) is 18.3 Å². The molecule has 90 valence electrons. The Bertz CT molecular complexity index is 514. The smallest absolute Gasteiger partial charge is 0.329 e. The van der Waals surface area contributed by atoms with E-state index < -0.39 is 0 Å². The third-order valence-corrected chi connectivity index (χ3v) is 1.97. The molecule has 0 amide bonds. The molecule has 2 aromatic heterocycles. The maximum atomic E-state index is 5.75. The molecule has 2 N–H and O–H groups in total. The van der Waals surface area contributed by atoms with Gasteiger partial charge in [0.05, 0.1) is 0 Å². The maximum Gasteiger partial charge on any atom is 0.329 e. The number of halogens is 1. The normalized spacial score (nSPS) is 10.3. The molecule has 2 heterocycles. The molecule has 2 aromatic rings. The van der Waals surface area contributed by atoms with Crippen LogP contribution >= 0.6 is 11.6 Å². The lowest BCUT2D eigenvalue weighted by molar-refractivity contribution is 0.423. The van der Waals surface area contributed by atoms with Gasteiger partial charge in [-0.15, -0.1) is 5.10 Å². The standard InChI is InChI=1S/C9H11ClN6O/c1-3-11-8-12-7(10)13-9(14-8)17-6-4-5(2)15-16-6/h4H,3H2,1-2H3,(H,15,16)(H,11,12,13,14). The number of aromatic nitrogens is 5. The highest BCUT2D eigenvalue weighted by Crippen LogP contribution is 2.18. The Hall–Kier alpha value is -1.89. The number of anilines is 1. The Labute approximate surface area is 103 Å². The van der Waals surface area contributed by atoms with Gasteiger partial charge >= 0.3 is 6.01 Å². The fourth-order valence-corrected chi connectivity index (χ4v) is 1.31. The molecule has 0 saturated carbocycles. The van der Waals surface area contributed by atoms with Crippen molar-refractivity contribution in [1.29, 1.82) is 0 Å². The van der Waals surface area contributed by atoms with Crippen LogP contribution in [0.5, 0.6) is 11.9 Å². The predicted molar refractivity (Wildman–Crippen MR) is 62.4 cm³/mol.